The van der Waals surface area contributed by atoms with E-state index in [9.17, 15) is 9.59 Å². The minimum atomic E-state index is -0.369. The lowest BCUT2D eigenvalue weighted by molar-refractivity contribution is -0.142. The number of methoxy groups -OCH3 is 1. The summed E-state index contributed by atoms with van der Waals surface area (Å²) in [5.74, 6) is 0.672. The highest BCUT2D eigenvalue weighted by Crippen LogP contribution is 2.12. The third-order valence-electron chi connectivity index (χ3n) is 3.48. The average Bonchev–Trinajstić information content (AvgIpc) is 3.10. The zero-order valence-corrected chi connectivity index (χ0v) is 13.9. The van der Waals surface area contributed by atoms with Gasteiger partial charge in [0.1, 0.15) is 11.5 Å². The summed E-state index contributed by atoms with van der Waals surface area (Å²) in [5.41, 5.74) is 1.12. The van der Waals surface area contributed by atoms with Crippen molar-refractivity contribution in [3.05, 3.63) is 54.0 Å². The Bertz CT molecular complexity index is 649. The largest absolute Gasteiger partial charge is 0.484 e. The van der Waals surface area contributed by atoms with Gasteiger partial charge in [0.05, 0.1) is 26.3 Å². The maximum Gasteiger partial charge on any atom is 0.307 e. The highest BCUT2D eigenvalue weighted by molar-refractivity contribution is 5.78. The Morgan fingerprint density at radius 2 is 1.92 bits per heavy atom. The van der Waals surface area contributed by atoms with E-state index >= 15 is 0 Å². The van der Waals surface area contributed by atoms with Crippen molar-refractivity contribution in [2.24, 2.45) is 0 Å². The van der Waals surface area contributed by atoms with Gasteiger partial charge in [0.25, 0.3) is 5.91 Å². The number of carbonyl (C=O) groups is 2. The fourth-order valence-electron chi connectivity index (χ4n) is 2.08. The lowest BCUT2D eigenvalue weighted by atomic mass is 10.2. The molecular weight excluding hydrogens is 310 g/mol. The van der Waals surface area contributed by atoms with E-state index in [1.54, 1.807) is 18.4 Å². The first kappa shape index (κ1) is 17.6. The predicted molar refractivity (Wildman–Crippen MR) is 87.4 cm³/mol. The summed E-state index contributed by atoms with van der Waals surface area (Å²) >= 11 is 0. The van der Waals surface area contributed by atoms with Crippen molar-refractivity contribution in [3.63, 3.8) is 0 Å². The minimum absolute atomic E-state index is 0.106. The van der Waals surface area contributed by atoms with Crippen molar-refractivity contribution >= 4 is 11.9 Å². The van der Waals surface area contributed by atoms with E-state index in [-0.39, 0.29) is 38.0 Å². The maximum absolute atomic E-state index is 12.4. The summed E-state index contributed by atoms with van der Waals surface area (Å²) in [6.07, 6.45) is 1.66. The van der Waals surface area contributed by atoms with E-state index < -0.39 is 0 Å². The van der Waals surface area contributed by atoms with Crippen molar-refractivity contribution in [2.45, 2.75) is 19.9 Å². The van der Waals surface area contributed by atoms with Crippen LogP contribution in [-0.2, 0) is 20.9 Å². The Kier molecular flexibility index (Phi) is 6.42. The van der Waals surface area contributed by atoms with Crippen LogP contribution in [0.5, 0.6) is 5.75 Å². The fraction of sp³-hybridized carbons (Fsp3) is 0.333. The molecule has 24 heavy (non-hydrogen) atoms. The van der Waals surface area contributed by atoms with Crippen molar-refractivity contribution in [1.82, 2.24) is 4.90 Å². The second kappa shape index (κ2) is 8.76. The van der Waals surface area contributed by atoms with Gasteiger partial charge in [-0.15, -0.1) is 0 Å². The molecule has 1 aromatic carbocycles. The summed E-state index contributed by atoms with van der Waals surface area (Å²) in [6, 6.07) is 11.0. The van der Waals surface area contributed by atoms with Crippen LogP contribution in [0.3, 0.4) is 0 Å². The van der Waals surface area contributed by atoms with Gasteiger partial charge in [-0.05, 0) is 31.2 Å². The predicted octanol–water partition coefficient (Wildman–Crippen LogP) is 2.56. The van der Waals surface area contributed by atoms with Gasteiger partial charge in [-0.25, -0.2) is 0 Å². The lowest BCUT2D eigenvalue weighted by Gasteiger charge is -2.21. The molecule has 0 saturated carbocycles. The molecule has 1 heterocycles. The van der Waals surface area contributed by atoms with Crippen LogP contribution in [0.25, 0.3) is 0 Å². The number of ether oxygens (including phenoxy) is 2. The Morgan fingerprint density at radius 3 is 2.54 bits per heavy atom. The molecule has 0 N–H and O–H groups in total. The van der Waals surface area contributed by atoms with Crippen molar-refractivity contribution < 1.29 is 23.5 Å². The van der Waals surface area contributed by atoms with Gasteiger partial charge in [0.2, 0.25) is 0 Å². The highest BCUT2D eigenvalue weighted by Gasteiger charge is 2.17. The van der Waals surface area contributed by atoms with Crippen LogP contribution in [0, 0.1) is 6.92 Å². The number of esters is 1. The van der Waals surface area contributed by atoms with E-state index in [4.69, 9.17) is 9.15 Å². The number of amides is 1. The van der Waals surface area contributed by atoms with Crippen LogP contribution in [0.1, 0.15) is 17.7 Å². The number of aryl methyl sites for hydroxylation is 1. The molecule has 0 spiro atoms. The maximum atomic E-state index is 12.4. The summed E-state index contributed by atoms with van der Waals surface area (Å²) in [4.78, 5) is 25.3. The van der Waals surface area contributed by atoms with E-state index in [2.05, 4.69) is 4.74 Å². The van der Waals surface area contributed by atoms with Crippen LogP contribution < -0.4 is 4.74 Å². The number of hydrogen-bond acceptors (Lipinski definition) is 5. The first-order valence-electron chi connectivity index (χ1n) is 7.65. The SMILES string of the molecule is COC(=O)CCN(Cc1ccco1)C(=O)COc1ccc(C)cc1. The summed E-state index contributed by atoms with van der Waals surface area (Å²) in [5, 5.41) is 0. The molecule has 6 nitrogen and oxygen atoms in total. The zero-order chi connectivity index (χ0) is 17.4. The highest BCUT2D eigenvalue weighted by atomic mass is 16.5. The molecule has 0 unspecified atom stereocenters. The molecule has 0 bridgehead atoms. The topological polar surface area (TPSA) is 69.0 Å². The van der Waals surface area contributed by atoms with E-state index in [0.717, 1.165) is 5.56 Å². The van der Waals surface area contributed by atoms with Crippen LogP contribution in [0.15, 0.2) is 47.1 Å². The lowest BCUT2D eigenvalue weighted by Crippen LogP contribution is -2.36. The molecule has 0 aliphatic carbocycles. The number of furan rings is 1. The quantitative estimate of drug-likeness (QED) is 0.695. The Labute approximate surface area is 141 Å². The van der Waals surface area contributed by atoms with Gasteiger partial charge >= 0.3 is 5.97 Å². The van der Waals surface area contributed by atoms with E-state index in [1.165, 1.54) is 12.0 Å². The van der Waals surface area contributed by atoms with Gasteiger partial charge in [0, 0.05) is 6.54 Å². The van der Waals surface area contributed by atoms with Gasteiger partial charge in [-0.2, -0.15) is 0 Å². The number of benzene rings is 1. The Hall–Kier alpha value is -2.76. The molecule has 128 valence electrons. The third kappa shape index (κ3) is 5.46. The van der Waals surface area contributed by atoms with Crippen LogP contribution in [0.2, 0.25) is 0 Å². The monoisotopic (exact) mass is 331 g/mol. The first-order valence-corrected chi connectivity index (χ1v) is 7.65. The smallest absolute Gasteiger partial charge is 0.307 e. The van der Waals surface area contributed by atoms with Crippen LogP contribution in [-0.4, -0.2) is 37.0 Å². The zero-order valence-electron chi connectivity index (χ0n) is 13.9. The minimum Gasteiger partial charge on any atom is -0.484 e. The van der Waals surface area contributed by atoms with E-state index in [0.29, 0.717) is 11.5 Å². The molecule has 6 heteroatoms. The van der Waals surface area contributed by atoms with Crippen molar-refractivity contribution in [1.29, 1.82) is 0 Å². The fourth-order valence-corrected chi connectivity index (χ4v) is 2.08. The second-order valence-electron chi connectivity index (χ2n) is 5.32. The molecule has 1 aromatic heterocycles. The van der Waals surface area contributed by atoms with Gasteiger partial charge in [-0.1, -0.05) is 17.7 Å². The normalized spacial score (nSPS) is 10.2. The molecule has 2 rings (SSSR count). The van der Waals surface area contributed by atoms with Gasteiger partial charge in [-0.3, -0.25) is 9.59 Å². The molecule has 0 saturated heterocycles. The van der Waals surface area contributed by atoms with Crippen molar-refractivity contribution in [3.8, 4) is 5.75 Å². The summed E-state index contributed by atoms with van der Waals surface area (Å²) < 4.78 is 15.4. The Morgan fingerprint density at radius 1 is 1.17 bits per heavy atom. The molecule has 0 aliphatic rings. The van der Waals surface area contributed by atoms with Gasteiger partial charge < -0.3 is 18.8 Å². The van der Waals surface area contributed by atoms with Crippen molar-refractivity contribution in [2.75, 3.05) is 20.3 Å². The number of nitrogens with zero attached hydrogens (tertiary/aromatic N) is 1. The Balaban J connectivity index is 1.94. The number of hydrogen-bond donors (Lipinski definition) is 0. The third-order valence-corrected chi connectivity index (χ3v) is 3.48. The molecule has 2 aromatic rings. The molecule has 0 atom stereocenters. The number of rotatable bonds is 8. The average molecular weight is 331 g/mol. The molecule has 0 aliphatic heterocycles. The summed E-state index contributed by atoms with van der Waals surface area (Å²) in [6.45, 7) is 2.39. The molecular formula is C18H21NO5. The first-order chi connectivity index (χ1) is 11.6. The second-order valence-corrected chi connectivity index (χ2v) is 5.32. The van der Waals surface area contributed by atoms with Gasteiger partial charge in [0.15, 0.2) is 6.61 Å². The molecule has 0 radical (unpaired) electrons. The van der Waals surface area contributed by atoms with E-state index in [1.807, 2.05) is 31.2 Å². The number of carbonyl (C=O) groups excluding carboxylic acids is 2. The van der Waals surface area contributed by atoms with Crippen LogP contribution in [0.4, 0.5) is 0 Å². The molecule has 0 fully saturated rings. The summed E-state index contributed by atoms with van der Waals surface area (Å²) in [7, 11) is 1.32. The molecule has 1 amide bonds. The van der Waals surface area contributed by atoms with Crippen LogP contribution >= 0.6 is 0 Å². The standard InChI is InChI=1S/C18H21NO5/c1-14-5-7-15(8-6-14)24-13-17(20)19(10-9-18(21)22-2)12-16-4-3-11-23-16/h3-8,11H,9-10,12-13H2,1-2H3.